The van der Waals surface area contributed by atoms with Gasteiger partial charge in [-0.05, 0) is 95.2 Å². The van der Waals surface area contributed by atoms with Crippen LogP contribution in [0, 0.1) is 17.9 Å². The molecular weight excluding hydrogens is 580 g/mol. The van der Waals surface area contributed by atoms with Gasteiger partial charge in [-0.15, -0.1) is 0 Å². The third-order valence-corrected chi connectivity index (χ3v) is 8.67. The molecule has 0 N–H and O–H groups in total. The van der Waals surface area contributed by atoms with Crippen LogP contribution in [0.1, 0.15) is 31.9 Å². The van der Waals surface area contributed by atoms with Crippen molar-refractivity contribution >= 4 is 49.3 Å². The number of fused-ring (bicyclic) bond motifs is 6. The Balaban J connectivity index is 1.30. The Labute approximate surface area is 271 Å². The van der Waals surface area contributed by atoms with Crippen LogP contribution in [0.4, 0.5) is 5.69 Å². The molecule has 0 spiro atoms. The first kappa shape index (κ1) is 28.1. The zero-order valence-electron chi connectivity index (χ0n) is 26.1. The number of ether oxygens (including phenoxy) is 1. The fraction of sp³-hybridized carbons (Fsp3) is 0.100. The van der Waals surface area contributed by atoms with Crippen molar-refractivity contribution < 1.29 is 4.74 Å². The molecule has 0 atom stereocenters. The maximum Gasteiger partial charge on any atom is 0.188 e. The van der Waals surface area contributed by atoms with E-state index in [0.717, 1.165) is 55.2 Å². The van der Waals surface area contributed by atoms with Crippen molar-refractivity contribution in [3.05, 3.63) is 138 Å². The van der Waals surface area contributed by atoms with Crippen molar-refractivity contribution in [1.29, 1.82) is 5.26 Å². The van der Waals surface area contributed by atoms with Gasteiger partial charge in [-0.25, -0.2) is 14.8 Å². The second-order valence-electron chi connectivity index (χ2n) is 12.6. The average molecular weight is 609 g/mol. The van der Waals surface area contributed by atoms with Crippen LogP contribution >= 0.6 is 0 Å². The largest absolute Gasteiger partial charge is 0.457 e. The van der Waals surface area contributed by atoms with Gasteiger partial charge >= 0.3 is 0 Å². The Kier molecular flexibility index (Phi) is 6.32. The lowest BCUT2D eigenvalue weighted by Gasteiger charge is -2.20. The van der Waals surface area contributed by atoms with Crippen LogP contribution in [0.15, 0.2) is 116 Å². The second kappa shape index (κ2) is 10.6. The summed E-state index contributed by atoms with van der Waals surface area (Å²) in [5, 5.41) is 13.6. The minimum absolute atomic E-state index is 0.0490. The predicted molar refractivity (Wildman–Crippen MR) is 187 cm³/mol. The molecule has 224 valence electrons. The summed E-state index contributed by atoms with van der Waals surface area (Å²) < 4.78 is 10.8. The van der Waals surface area contributed by atoms with E-state index in [2.05, 4.69) is 57.9 Å². The van der Waals surface area contributed by atoms with Crippen molar-refractivity contribution in [3.8, 4) is 29.2 Å². The van der Waals surface area contributed by atoms with Crippen molar-refractivity contribution in [1.82, 2.24) is 19.1 Å². The van der Waals surface area contributed by atoms with Crippen molar-refractivity contribution in [2.24, 2.45) is 0 Å². The van der Waals surface area contributed by atoms with Gasteiger partial charge in [0.1, 0.15) is 23.1 Å². The lowest BCUT2D eigenvalue weighted by atomic mass is 9.88. The summed E-state index contributed by atoms with van der Waals surface area (Å²) >= 11 is 0. The third kappa shape index (κ3) is 4.65. The first-order valence-electron chi connectivity index (χ1n) is 15.3. The highest BCUT2D eigenvalue weighted by molar-refractivity contribution is 6.11. The summed E-state index contributed by atoms with van der Waals surface area (Å²) in [5.41, 5.74) is 6.12. The Hall–Kier alpha value is -6.44. The Morgan fingerprint density at radius 2 is 1.32 bits per heavy atom. The maximum absolute atomic E-state index is 9.66. The molecule has 0 saturated carbocycles. The Bertz CT molecular complexity index is 2610. The number of nitriles is 1. The summed E-state index contributed by atoms with van der Waals surface area (Å²) in [5.74, 6) is 2.93. The molecule has 4 heterocycles. The minimum atomic E-state index is -0.0490. The number of hydrogen-bond acceptors (Lipinski definition) is 4. The van der Waals surface area contributed by atoms with E-state index < -0.39 is 0 Å². The Morgan fingerprint density at radius 3 is 1.96 bits per heavy atom. The molecule has 0 fully saturated rings. The van der Waals surface area contributed by atoms with E-state index in [4.69, 9.17) is 16.3 Å². The van der Waals surface area contributed by atoms with E-state index in [1.54, 1.807) is 6.20 Å². The molecule has 0 aliphatic carbocycles. The first-order valence-corrected chi connectivity index (χ1v) is 15.3. The van der Waals surface area contributed by atoms with E-state index in [-0.39, 0.29) is 5.41 Å². The molecule has 0 unspecified atom stereocenters. The highest BCUT2D eigenvalue weighted by Gasteiger charge is 2.19. The number of rotatable bonds is 4. The van der Waals surface area contributed by atoms with E-state index >= 15 is 0 Å². The van der Waals surface area contributed by atoms with E-state index in [1.807, 2.05) is 97.2 Å². The van der Waals surface area contributed by atoms with Gasteiger partial charge in [0.05, 0.1) is 40.3 Å². The van der Waals surface area contributed by atoms with Crippen LogP contribution in [-0.4, -0.2) is 19.1 Å². The summed E-state index contributed by atoms with van der Waals surface area (Å²) in [4.78, 5) is 13.1. The molecular formula is C40H28N6O. The zero-order chi connectivity index (χ0) is 32.3. The molecule has 0 bridgehead atoms. The number of aromatic nitrogens is 4. The predicted octanol–water partition coefficient (Wildman–Crippen LogP) is 10.2. The fourth-order valence-electron chi connectivity index (χ4n) is 6.38. The van der Waals surface area contributed by atoms with Crippen LogP contribution in [-0.2, 0) is 5.41 Å². The van der Waals surface area contributed by atoms with Crippen LogP contribution in [0.5, 0.6) is 11.5 Å². The molecule has 0 radical (unpaired) electrons. The SMILES string of the molecule is [C-]#[N+]c1ccc2c(c1)c1ccc(Oc3ccc4c5cc(C#N)ccc5n(-c5cc(C(C)(C)C)ccn5)c4c3)cc1n2-c1ccccn1. The molecule has 0 aliphatic heterocycles. The van der Waals surface area contributed by atoms with Gasteiger partial charge in [0, 0.05) is 40.7 Å². The molecule has 4 aromatic carbocycles. The van der Waals surface area contributed by atoms with Gasteiger partial charge < -0.3 is 4.74 Å². The molecule has 8 aromatic rings. The fourth-order valence-corrected chi connectivity index (χ4v) is 6.38. The molecule has 7 heteroatoms. The van der Waals surface area contributed by atoms with Gasteiger partial charge in [0.15, 0.2) is 5.69 Å². The molecule has 7 nitrogen and oxygen atoms in total. The quantitative estimate of drug-likeness (QED) is 0.186. The van der Waals surface area contributed by atoms with Crippen LogP contribution in [0.25, 0.3) is 60.1 Å². The summed E-state index contributed by atoms with van der Waals surface area (Å²) in [7, 11) is 0. The molecule has 0 aliphatic rings. The van der Waals surface area contributed by atoms with E-state index in [9.17, 15) is 5.26 Å². The van der Waals surface area contributed by atoms with Crippen LogP contribution < -0.4 is 4.74 Å². The normalized spacial score (nSPS) is 11.7. The first-order chi connectivity index (χ1) is 22.8. The lowest BCUT2D eigenvalue weighted by molar-refractivity contribution is 0.484. The molecule has 47 heavy (non-hydrogen) atoms. The molecule has 0 amide bonds. The second-order valence-corrected chi connectivity index (χ2v) is 12.6. The summed E-state index contributed by atoms with van der Waals surface area (Å²) in [6.07, 6.45) is 3.63. The van der Waals surface area contributed by atoms with Crippen molar-refractivity contribution in [2.45, 2.75) is 26.2 Å². The summed E-state index contributed by atoms with van der Waals surface area (Å²) in [6.45, 7) is 14.1. The minimum Gasteiger partial charge on any atom is -0.457 e. The number of nitrogens with zero attached hydrogens (tertiary/aromatic N) is 6. The number of hydrogen-bond donors (Lipinski definition) is 0. The highest BCUT2D eigenvalue weighted by Crippen LogP contribution is 2.39. The third-order valence-electron chi connectivity index (χ3n) is 8.67. The standard InChI is InChI=1S/C40H28N6O/c1-40(2,3)26-16-18-44-39(20-26)46-34-14-8-25(24-41)19-32(34)30-12-10-29(23-37(30)46)47-28-11-13-31-33-21-27(42-4)9-15-35(33)45(36(31)22-28)38-7-5-6-17-43-38/h5-23H,1-3H3. The van der Waals surface area contributed by atoms with E-state index in [1.165, 1.54) is 5.56 Å². The highest BCUT2D eigenvalue weighted by atomic mass is 16.5. The van der Waals surface area contributed by atoms with Crippen LogP contribution in [0.2, 0.25) is 0 Å². The monoisotopic (exact) mass is 608 g/mol. The van der Waals surface area contributed by atoms with E-state index in [0.29, 0.717) is 22.7 Å². The van der Waals surface area contributed by atoms with Gasteiger partial charge in [-0.3, -0.25) is 9.13 Å². The topological polar surface area (TPSA) is 73.0 Å². The Morgan fingerprint density at radius 1 is 0.660 bits per heavy atom. The average Bonchev–Trinajstić information content (AvgIpc) is 3.59. The lowest BCUT2D eigenvalue weighted by Crippen LogP contribution is -2.12. The van der Waals surface area contributed by atoms with Gasteiger partial charge in [0.25, 0.3) is 0 Å². The molecule has 0 saturated heterocycles. The molecule has 8 rings (SSSR count). The smallest absolute Gasteiger partial charge is 0.188 e. The van der Waals surface area contributed by atoms with Gasteiger partial charge in [-0.2, -0.15) is 5.26 Å². The zero-order valence-corrected chi connectivity index (χ0v) is 26.1. The maximum atomic E-state index is 9.66. The number of benzene rings is 4. The van der Waals surface area contributed by atoms with Gasteiger partial charge in [0.2, 0.25) is 0 Å². The van der Waals surface area contributed by atoms with Crippen molar-refractivity contribution in [3.63, 3.8) is 0 Å². The van der Waals surface area contributed by atoms with Crippen molar-refractivity contribution in [2.75, 3.05) is 0 Å². The molecule has 4 aromatic heterocycles. The number of pyridine rings is 2. The summed E-state index contributed by atoms with van der Waals surface area (Å²) in [6, 6.07) is 35.9. The van der Waals surface area contributed by atoms with Crippen LogP contribution in [0.3, 0.4) is 0 Å². The van der Waals surface area contributed by atoms with Gasteiger partial charge in [-0.1, -0.05) is 32.9 Å².